The van der Waals surface area contributed by atoms with Crippen LogP contribution in [0.2, 0.25) is 0 Å². The first kappa shape index (κ1) is 14.8. The molecule has 1 fully saturated rings. The summed E-state index contributed by atoms with van der Waals surface area (Å²) in [5.41, 5.74) is -0.607. The summed E-state index contributed by atoms with van der Waals surface area (Å²) >= 11 is 0. The highest BCUT2D eigenvalue weighted by Gasteiger charge is 2.48. The average Bonchev–Trinajstić information content (AvgIpc) is 2.32. The molecule has 0 aromatic heterocycles. The van der Waals surface area contributed by atoms with Gasteiger partial charge in [0.2, 0.25) is 5.78 Å². The van der Waals surface area contributed by atoms with Crippen LogP contribution in [0.3, 0.4) is 0 Å². The van der Waals surface area contributed by atoms with Crippen LogP contribution in [0.15, 0.2) is 18.2 Å². The minimum absolute atomic E-state index is 0.320. The van der Waals surface area contributed by atoms with E-state index in [2.05, 4.69) is 0 Å². The van der Waals surface area contributed by atoms with Gasteiger partial charge in [0.25, 0.3) is 0 Å². The molecule has 20 heavy (non-hydrogen) atoms. The molecule has 1 saturated carbocycles. The number of methoxy groups -OCH3 is 1. The first-order valence-corrected chi connectivity index (χ1v) is 6.22. The molecule has 0 aliphatic heterocycles. The van der Waals surface area contributed by atoms with Crippen molar-refractivity contribution in [1.82, 2.24) is 0 Å². The number of rotatable bonds is 4. The van der Waals surface area contributed by atoms with Gasteiger partial charge in [-0.05, 0) is 31.0 Å². The van der Waals surface area contributed by atoms with E-state index in [4.69, 9.17) is 4.74 Å². The summed E-state index contributed by atoms with van der Waals surface area (Å²) in [4.78, 5) is 11.3. The van der Waals surface area contributed by atoms with E-state index >= 15 is 0 Å². The van der Waals surface area contributed by atoms with Gasteiger partial charge in [0.05, 0.1) is 7.11 Å². The summed E-state index contributed by atoms with van der Waals surface area (Å²) in [6.07, 6.45) is -3.95. The molecule has 1 aliphatic rings. The maximum absolute atomic E-state index is 13.4. The van der Waals surface area contributed by atoms with E-state index in [0.717, 1.165) is 0 Å². The zero-order valence-corrected chi connectivity index (χ0v) is 10.9. The van der Waals surface area contributed by atoms with E-state index in [1.165, 1.54) is 25.3 Å². The fourth-order valence-corrected chi connectivity index (χ4v) is 2.65. The van der Waals surface area contributed by atoms with Crippen LogP contribution in [-0.2, 0) is 10.2 Å². The third kappa shape index (κ3) is 2.64. The van der Waals surface area contributed by atoms with Gasteiger partial charge in [-0.1, -0.05) is 6.42 Å². The van der Waals surface area contributed by atoms with Crippen molar-refractivity contribution in [2.75, 3.05) is 7.11 Å². The van der Waals surface area contributed by atoms with Gasteiger partial charge in [-0.25, -0.2) is 4.39 Å². The summed E-state index contributed by atoms with van der Waals surface area (Å²) in [6, 6.07) is 3.73. The molecule has 6 heteroatoms. The Bertz CT molecular complexity index is 518. The third-order valence-corrected chi connectivity index (χ3v) is 3.86. The number of halogens is 4. The minimum Gasteiger partial charge on any atom is -0.496 e. The zero-order valence-electron chi connectivity index (χ0n) is 10.9. The molecule has 1 aromatic rings. The number of hydrogen-bond acceptors (Lipinski definition) is 2. The summed E-state index contributed by atoms with van der Waals surface area (Å²) < 4.78 is 55.9. The Hall–Kier alpha value is -1.59. The Morgan fingerprint density at radius 3 is 2.45 bits per heavy atom. The van der Waals surface area contributed by atoms with Gasteiger partial charge < -0.3 is 4.74 Å². The van der Waals surface area contributed by atoms with Crippen molar-refractivity contribution in [3.8, 4) is 5.75 Å². The van der Waals surface area contributed by atoms with Crippen molar-refractivity contribution in [2.45, 2.75) is 37.3 Å². The van der Waals surface area contributed by atoms with Crippen LogP contribution in [0.1, 0.15) is 31.2 Å². The largest absolute Gasteiger partial charge is 0.496 e. The lowest BCUT2D eigenvalue weighted by atomic mass is 9.61. The second-order valence-electron chi connectivity index (χ2n) is 5.08. The number of Topliss-reactive ketones (excluding diaryl/α,β-unsaturated/α-hetero) is 1. The lowest BCUT2D eigenvalue weighted by Crippen LogP contribution is -2.40. The topological polar surface area (TPSA) is 26.3 Å². The molecule has 0 atom stereocenters. The first-order chi connectivity index (χ1) is 9.28. The van der Waals surface area contributed by atoms with Gasteiger partial charge in [-0.3, -0.25) is 4.79 Å². The van der Waals surface area contributed by atoms with Crippen LogP contribution in [0.5, 0.6) is 5.75 Å². The van der Waals surface area contributed by atoms with E-state index < -0.39 is 29.6 Å². The molecule has 0 radical (unpaired) electrons. The molecular formula is C14H14F4O2. The second kappa shape index (κ2) is 5.07. The smallest absolute Gasteiger partial charge is 0.450 e. The SMILES string of the molecule is COc1ccc(F)cc1C1(CC(=O)C(F)(F)F)CCC1. The van der Waals surface area contributed by atoms with Crippen LogP contribution in [-0.4, -0.2) is 19.1 Å². The molecule has 0 unspecified atom stereocenters. The van der Waals surface area contributed by atoms with Gasteiger partial charge >= 0.3 is 6.18 Å². The highest BCUT2D eigenvalue weighted by atomic mass is 19.4. The number of ether oxygens (including phenoxy) is 1. The van der Waals surface area contributed by atoms with Gasteiger partial charge in [0.1, 0.15) is 11.6 Å². The maximum Gasteiger partial charge on any atom is 0.450 e. The molecule has 0 bridgehead atoms. The van der Waals surface area contributed by atoms with E-state index in [1.54, 1.807) is 0 Å². The van der Waals surface area contributed by atoms with Gasteiger partial charge in [-0.15, -0.1) is 0 Å². The molecule has 110 valence electrons. The number of ketones is 1. The van der Waals surface area contributed by atoms with Crippen LogP contribution in [0.25, 0.3) is 0 Å². The quantitative estimate of drug-likeness (QED) is 0.789. The standard InChI is InChI=1S/C14H14F4O2/c1-20-11-4-3-9(15)7-10(11)13(5-2-6-13)8-12(19)14(16,17)18/h3-4,7H,2,5-6,8H2,1H3. The van der Waals surface area contributed by atoms with Crippen molar-refractivity contribution >= 4 is 5.78 Å². The molecule has 0 amide bonds. The first-order valence-electron chi connectivity index (χ1n) is 6.22. The van der Waals surface area contributed by atoms with E-state index in [0.29, 0.717) is 30.6 Å². The number of carbonyl (C=O) groups is 1. The molecule has 0 spiro atoms. The Kier molecular flexibility index (Phi) is 3.75. The van der Waals surface area contributed by atoms with E-state index in [1.807, 2.05) is 0 Å². The van der Waals surface area contributed by atoms with Crippen molar-refractivity contribution in [3.63, 3.8) is 0 Å². The zero-order chi connectivity index (χ0) is 15.0. The highest BCUT2D eigenvalue weighted by molar-refractivity contribution is 5.85. The Balaban J connectivity index is 2.37. The number of alkyl halides is 3. The molecule has 0 saturated heterocycles. The van der Waals surface area contributed by atoms with Crippen LogP contribution < -0.4 is 4.74 Å². The third-order valence-electron chi connectivity index (χ3n) is 3.86. The van der Waals surface area contributed by atoms with Crippen molar-refractivity contribution < 1.29 is 27.1 Å². The van der Waals surface area contributed by atoms with Gasteiger partial charge in [-0.2, -0.15) is 13.2 Å². The van der Waals surface area contributed by atoms with Crippen molar-refractivity contribution in [1.29, 1.82) is 0 Å². The van der Waals surface area contributed by atoms with Crippen LogP contribution in [0.4, 0.5) is 17.6 Å². The van der Waals surface area contributed by atoms with E-state index in [-0.39, 0.29) is 0 Å². The lowest BCUT2D eigenvalue weighted by molar-refractivity contribution is -0.173. The predicted octanol–water partition coefficient (Wildman–Crippen LogP) is 3.78. The lowest BCUT2D eigenvalue weighted by Gasteiger charge is -2.42. The predicted molar refractivity (Wildman–Crippen MR) is 64.2 cm³/mol. The van der Waals surface area contributed by atoms with Crippen molar-refractivity contribution in [3.05, 3.63) is 29.6 Å². The molecule has 1 aromatic carbocycles. The molecule has 1 aliphatic carbocycles. The summed E-state index contributed by atoms with van der Waals surface area (Å²) in [5, 5.41) is 0. The monoisotopic (exact) mass is 290 g/mol. The summed E-state index contributed by atoms with van der Waals surface area (Å²) in [6.45, 7) is 0. The Morgan fingerprint density at radius 2 is 2.00 bits per heavy atom. The highest BCUT2D eigenvalue weighted by Crippen LogP contribution is 2.50. The Morgan fingerprint density at radius 1 is 1.35 bits per heavy atom. The van der Waals surface area contributed by atoms with Crippen LogP contribution >= 0.6 is 0 Å². The Labute approximate surface area is 113 Å². The molecule has 0 N–H and O–H groups in total. The normalized spacial score (nSPS) is 17.4. The molecular weight excluding hydrogens is 276 g/mol. The number of benzene rings is 1. The van der Waals surface area contributed by atoms with Gasteiger partial charge in [0, 0.05) is 17.4 Å². The fraction of sp³-hybridized carbons (Fsp3) is 0.500. The van der Waals surface area contributed by atoms with Gasteiger partial charge in [0.15, 0.2) is 0 Å². The second-order valence-corrected chi connectivity index (χ2v) is 5.08. The summed E-state index contributed by atoms with van der Waals surface area (Å²) in [7, 11) is 1.37. The number of hydrogen-bond donors (Lipinski definition) is 0. The number of carbonyl (C=O) groups excluding carboxylic acids is 1. The molecule has 2 rings (SSSR count). The summed E-state index contributed by atoms with van der Waals surface area (Å²) in [5.74, 6) is -2.00. The maximum atomic E-state index is 13.4. The minimum atomic E-state index is -4.86. The van der Waals surface area contributed by atoms with E-state index in [9.17, 15) is 22.4 Å². The molecule has 0 heterocycles. The molecule has 2 nitrogen and oxygen atoms in total. The fourth-order valence-electron chi connectivity index (χ4n) is 2.65. The van der Waals surface area contributed by atoms with Crippen molar-refractivity contribution in [2.24, 2.45) is 0 Å². The van der Waals surface area contributed by atoms with Crippen LogP contribution in [0, 0.1) is 5.82 Å². The average molecular weight is 290 g/mol.